The second-order valence-electron chi connectivity index (χ2n) is 5.92. The van der Waals surface area contributed by atoms with E-state index in [0.717, 1.165) is 19.4 Å². The van der Waals surface area contributed by atoms with Gasteiger partial charge in [-0.25, -0.2) is 4.98 Å². The molecule has 1 aliphatic rings. The van der Waals surface area contributed by atoms with Gasteiger partial charge in [0.15, 0.2) is 0 Å². The third-order valence-corrected chi connectivity index (χ3v) is 4.33. The summed E-state index contributed by atoms with van der Waals surface area (Å²) in [5, 5.41) is 3.53. The molecule has 0 aliphatic carbocycles. The maximum atomic E-state index is 4.41. The van der Waals surface area contributed by atoms with E-state index in [0.29, 0.717) is 12.0 Å². The van der Waals surface area contributed by atoms with Crippen LogP contribution in [0.1, 0.15) is 38.8 Å². The monoisotopic (exact) mass is 269 g/mol. The van der Waals surface area contributed by atoms with Crippen LogP contribution in [0.2, 0.25) is 0 Å². The lowest BCUT2D eigenvalue weighted by Gasteiger charge is -2.24. The lowest BCUT2D eigenvalue weighted by Crippen LogP contribution is -2.14. The Bertz CT molecular complexity index is 598. The van der Waals surface area contributed by atoms with Crippen molar-refractivity contribution in [2.75, 3.05) is 11.9 Å². The van der Waals surface area contributed by atoms with Crippen LogP contribution >= 0.6 is 0 Å². The SMILES string of the molecule is CCC(C(C)C)n1cncc1-c1cccc2c1NCC2. The Labute approximate surface area is 121 Å². The topological polar surface area (TPSA) is 29.9 Å². The maximum Gasteiger partial charge on any atom is 0.0953 e. The Morgan fingerprint density at radius 3 is 2.95 bits per heavy atom. The first kappa shape index (κ1) is 13.2. The molecular weight excluding hydrogens is 246 g/mol. The fourth-order valence-electron chi connectivity index (χ4n) is 3.32. The molecule has 0 fully saturated rings. The van der Waals surface area contributed by atoms with Crippen molar-refractivity contribution in [1.82, 2.24) is 9.55 Å². The summed E-state index contributed by atoms with van der Waals surface area (Å²) in [5.74, 6) is 0.609. The second kappa shape index (κ2) is 5.31. The largest absolute Gasteiger partial charge is 0.384 e. The molecule has 0 radical (unpaired) electrons. The maximum absolute atomic E-state index is 4.41. The van der Waals surface area contributed by atoms with Crippen LogP contribution < -0.4 is 5.32 Å². The van der Waals surface area contributed by atoms with Crippen molar-refractivity contribution < 1.29 is 0 Å². The molecule has 2 aromatic rings. The summed E-state index contributed by atoms with van der Waals surface area (Å²) >= 11 is 0. The van der Waals surface area contributed by atoms with Gasteiger partial charge in [0.2, 0.25) is 0 Å². The van der Waals surface area contributed by atoms with Crippen molar-refractivity contribution in [1.29, 1.82) is 0 Å². The highest BCUT2D eigenvalue weighted by atomic mass is 15.1. The molecule has 1 aromatic carbocycles. The number of imidazole rings is 1. The van der Waals surface area contributed by atoms with Crippen molar-refractivity contribution in [3.8, 4) is 11.3 Å². The van der Waals surface area contributed by atoms with Gasteiger partial charge in [-0.15, -0.1) is 0 Å². The molecule has 1 atom stereocenters. The molecule has 1 aromatic heterocycles. The Morgan fingerprint density at radius 2 is 2.20 bits per heavy atom. The molecular formula is C17H23N3. The van der Waals surface area contributed by atoms with E-state index in [1.165, 1.54) is 22.5 Å². The smallest absolute Gasteiger partial charge is 0.0953 e. The lowest BCUT2D eigenvalue weighted by molar-refractivity contribution is 0.368. The molecule has 0 bridgehead atoms. The molecule has 1 N–H and O–H groups in total. The molecule has 0 saturated heterocycles. The van der Waals surface area contributed by atoms with Gasteiger partial charge in [-0.3, -0.25) is 0 Å². The van der Waals surface area contributed by atoms with Gasteiger partial charge in [-0.1, -0.05) is 39.0 Å². The summed E-state index contributed by atoms with van der Waals surface area (Å²) in [6.45, 7) is 7.86. The number of hydrogen-bond donors (Lipinski definition) is 1. The van der Waals surface area contributed by atoms with Crippen LogP contribution in [0.5, 0.6) is 0 Å². The highest BCUT2D eigenvalue weighted by Gasteiger charge is 2.21. The van der Waals surface area contributed by atoms with Crippen molar-refractivity contribution in [3.05, 3.63) is 36.3 Å². The zero-order valence-electron chi connectivity index (χ0n) is 12.6. The fourth-order valence-corrected chi connectivity index (χ4v) is 3.32. The third kappa shape index (κ3) is 2.11. The molecule has 3 nitrogen and oxygen atoms in total. The van der Waals surface area contributed by atoms with Gasteiger partial charge >= 0.3 is 0 Å². The highest BCUT2D eigenvalue weighted by Crippen LogP contribution is 2.36. The first-order chi connectivity index (χ1) is 9.72. The number of aromatic nitrogens is 2. The van der Waals surface area contributed by atoms with Gasteiger partial charge in [0.1, 0.15) is 0 Å². The minimum absolute atomic E-state index is 0.504. The van der Waals surface area contributed by atoms with E-state index in [1.807, 2.05) is 12.5 Å². The molecule has 1 aliphatic heterocycles. The number of rotatable bonds is 4. The Kier molecular flexibility index (Phi) is 3.51. The Morgan fingerprint density at radius 1 is 1.35 bits per heavy atom. The standard InChI is InChI=1S/C17H23N3/c1-4-15(12(2)3)20-11-18-10-16(20)14-7-5-6-13-8-9-19-17(13)14/h5-7,10-12,15,19H,4,8-9H2,1-3H3. The molecule has 0 spiro atoms. The molecule has 3 rings (SSSR count). The molecule has 1 unspecified atom stereocenters. The molecule has 20 heavy (non-hydrogen) atoms. The van der Waals surface area contributed by atoms with E-state index in [1.54, 1.807) is 0 Å². The number of fused-ring (bicyclic) bond motifs is 1. The minimum atomic E-state index is 0.504. The predicted octanol–water partition coefficient (Wildman–Crippen LogP) is 4.13. The average Bonchev–Trinajstić information content (AvgIpc) is 3.06. The molecule has 2 heterocycles. The van der Waals surface area contributed by atoms with Crippen LogP contribution in [0.15, 0.2) is 30.7 Å². The van der Waals surface area contributed by atoms with Crippen LogP contribution in [0.3, 0.4) is 0 Å². The van der Waals surface area contributed by atoms with E-state index >= 15 is 0 Å². The normalized spacial score (nSPS) is 15.2. The fraction of sp³-hybridized carbons (Fsp3) is 0.471. The summed E-state index contributed by atoms with van der Waals surface area (Å²) in [6, 6.07) is 7.09. The third-order valence-electron chi connectivity index (χ3n) is 4.33. The zero-order valence-corrected chi connectivity index (χ0v) is 12.6. The highest BCUT2D eigenvalue weighted by molar-refractivity contribution is 5.79. The summed E-state index contributed by atoms with van der Waals surface area (Å²) in [6.07, 6.45) is 6.24. The van der Waals surface area contributed by atoms with Crippen LogP contribution in [0.25, 0.3) is 11.3 Å². The van der Waals surface area contributed by atoms with Gasteiger partial charge in [-0.05, 0) is 24.3 Å². The van der Waals surface area contributed by atoms with Crippen LogP contribution in [-0.4, -0.2) is 16.1 Å². The van der Waals surface area contributed by atoms with E-state index in [-0.39, 0.29) is 0 Å². The number of hydrogen-bond acceptors (Lipinski definition) is 2. The summed E-state index contributed by atoms with van der Waals surface area (Å²) < 4.78 is 2.35. The van der Waals surface area contributed by atoms with Gasteiger partial charge in [0.25, 0.3) is 0 Å². The van der Waals surface area contributed by atoms with E-state index in [4.69, 9.17) is 0 Å². The number of benzene rings is 1. The van der Waals surface area contributed by atoms with Gasteiger partial charge < -0.3 is 9.88 Å². The van der Waals surface area contributed by atoms with Crippen LogP contribution in [0, 0.1) is 5.92 Å². The molecule has 106 valence electrons. The first-order valence-electron chi connectivity index (χ1n) is 7.60. The summed E-state index contributed by atoms with van der Waals surface area (Å²) in [4.78, 5) is 4.41. The van der Waals surface area contributed by atoms with Gasteiger partial charge in [0, 0.05) is 23.8 Å². The van der Waals surface area contributed by atoms with Gasteiger partial charge in [0.05, 0.1) is 18.2 Å². The molecule has 0 saturated carbocycles. The van der Waals surface area contributed by atoms with Crippen molar-refractivity contribution in [2.24, 2.45) is 5.92 Å². The minimum Gasteiger partial charge on any atom is -0.384 e. The summed E-state index contributed by atoms with van der Waals surface area (Å²) in [5.41, 5.74) is 5.24. The zero-order chi connectivity index (χ0) is 14.1. The lowest BCUT2D eigenvalue weighted by atomic mass is 9.99. The number of nitrogens with zero attached hydrogens (tertiary/aromatic N) is 2. The number of anilines is 1. The van der Waals surface area contributed by atoms with E-state index in [2.05, 4.69) is 53.8 Å². The van der Waals surface area contributed by atoms with Crippen molar-refractivity contribution in [3.63, 3.8) is 0 Å². The predicted molar refractivity (Wildman–Crippen MR) is 84.0 cm³/mol. The average molecular weight is 269 g/mol. The second-order valence-corrected chi connectivity index (χ2v) is 5.92. The van der Waals surface area contributed by atoms with Crippen molar-refractivity contribution in [2.45, 2.75) is 39.7 Å². The molecule has 0 amide bonds. The van der Waals surface area contributed by atoms with Crippen LogP contribution in [0.4, 0.5) is 5.69 Å². The Balaban J connectivity index is 2.08. The quantitative estimate of drug-likeness (QED) is 0.904. The van der Waals surface area contributed by atoms with Crippen LogP contribution in [-0.2, 0) is 6.42 Å². The first-order valence-corrected chi connectivity index (χ1v) is 7.60. The van der Waals surface area contributed by atoms with E-state index < -0.39 is 0 Å². The van der Waals surface area contributed by atoms with Crippen molar-refractivity contribution >= 4 is 5.69 Å². The van der Waals surface area contributed by atoms with Gasteiger partial charge in [-0.2, -0.15) is 0 Å². The Hall–Kier alpha value is -1.77. The number of nitrogens with one attached hydrogen (secondary N) is 1. The number of para-hydroxylation sites is 1. The summed E-state index contributed by atoms with van der Waals surface area (Å²) in [7, 11) is 0. The molecule has 3 heteroatoms. The van der Waals surface area contributed by atoms with E-state index in [9.17, 15) is 0 Å².